The number of fused-ring (bicyclic) bond motifs is 1. The van der Waals surface area contributed by atoms with Crippen molar-refractivity contribution < 1.29 is 5.11 Å². The van der Waals surface area contributed by atoms with Crippen LogP contribution >= 0.6 is 0 Å². The lowest BCUT2D eigenvalue weighted by atomic mass is 9.82. The van der Waals surface area contributed by atoms with Crippen LogP contribution < -0.4 is 5.56 Å². The number of hydrogen-bond acceptors (Lipinski definition) is 3. The molecular formula is C16H20N2O2. The van der Waals surface area contributed by atoms with E-state index in [0.29, 0.717) is 23.1 Å². The number of hydrogen-bond donors (Lipinski definition) is 1. The van der Waals surface area contributed by atoms with E-state index >= 15 is 0 Å². The first-order valence-corrected chi connectivity index (χ1v) is 7.26. The zero-order valence-corrected chi connectivity index (χ0v) is 11.8. The molecule has 0 amide bonds. The Balaban J connectivity index is 2.03. The van der Waals surface area contributed by atoms with Crippen LogP contribution in [0.4, 0.5) is 0 Å². The molecule has 0 spiro atoms. The van der Waals surface area contributed by atoms with Crippen LogP contribution in [0.5, 0.6) is 0 Å². The van der Waals surface area contributed by atoms with Gasteiger partial charge in [-0.15, -0.1) is 0 Å². The van der Waals surface area contributed by atoms with Crippen LogP contribution in [0.25, 0.3) is 10.9 Å². The monoisotopic (exact) mass is 272 g/mol. The largest absolute Gasteiger partial charge is 0.389 e. The summed E-state index contributed by atoms with van der Waals surface area (Å²) >= 11 is 0. The van der Waals surface area contributed by atoms with Crippen molar-refractivity contribution in [1.82, 2.24) is 9.55 Å². The van der Waals surface area contributed by atoms with Gasteiger partial charge in [-0.2, -0.15) is 0 Å². The third-order valence-corrected chi connectivity index (χ3v) is 4.35. The van der Waals surface area contributed by atoms with Crippen LogP contribution in [0.1, 0.15) is 37.9 Å². The quantitative estimate of drug-likeness (QED) is 0.911. The summed E-state index contributed by atoms with van der Waals surface area (Å²) < 4.78 is 1.58. The van der Waals surface area contributed by atoms with Gasteiger partial charge in [-0.3, -0.25) is 9.36 Å². The van der Waals surface area contributed by atoms with E-state index in [4.69, 9.17) is 0 Å². The predicted octanol–water partition coefficient (Wildman–Crippen LogP) is 2.17. The molecule has 2 aromatic rings. The normalized spacial score (nSPS) is 18.3. The van der Waals surface area contributed by atoms with E-state index in [-0.39, 0.29) is 5.56 Å². The zero-order chi connectivity index (χ0) is 14.2. The molecule has 1 aromatic carbocycles. The van der Waals surface area contributed by atoms with E-state index in [1.165, 1.54) is 6.42 Å². The smallest absolute Gasteiger partial charge is 0.261 e. The summed E-state index contributed by atoms with van der Waals surface area (Å²) in [6.45, 7) is 0. The Bertz CT molecular complexity index is 684. The average Bonchev–Trinajstić information content (AvgIpc) is 2.45. The number of rotatable bonds is 2. The van der Waals surface area contributed by atoms with Gasteiger partial charge >= 0.3 is 0 Å². The van der Waals surface area contributed by atoms with Crippen LogP contribution in [-0.4, -0.2) is 20.3 Å². The van der Waals surface area contributed by atoms with Crippen molar-refractivity contribution in [3.8, 4) is 0 Å². The minimum Gasteiger partial charge on any atom is -0.389 e. The second kappa shape index (κ2) is 5.02. The molecule has 0 bridgehead atoms. The molecule has 1 heterocycles. The molecule has 0 aliphatic heterocycles. The second-order valence-corrected chi connectivity index (χ2v) is 5.87. The zero-order valence-electron chi connectivity index (χ0n) is 11.8. The molecule has 0 saturated heterocycles. The van der Waals surface area contributed by atoms with Gasteiger partial charge in [-0.25, -0.2) is 4.98 Å². The maximum absolute atomic E-state index is 12.3. The minimum atomic E-state index is -0.697. The molecular weight excluding hydrogens is 252 g/mol. The average molecular weight is 272 g/mol. The van der Waals surface area contributed by atoms with E-state index in [2.05, 4.69) is 4.98 Å². The summed E-state index contributed by atoms with van der Waals surface area (Å²) in [5.74, 6) is 0.679. The topological polar surface area (TPSA) is 55.1 Å². The maximum atomic E-state index is 12.3. The fourth-order valence-corrected chi connectivity index (χ4v) is 3.10. The van der Waals surface area contributed by atoms with Crippen molar-refractivity contribution in [2.75, 3.05) is 0 Å². The summed E-state index contributed by atoms with van der Waals surface area (Å²) in [7, 11) is 1.74. The first kappa shape index (κ1) is 13.3. The van der Waals surface area contributed by atoms with Crippen molar-refractivity contribution in [3.63, 3.8) is 0 Å². The van der Waals surface area contributed by atoms with E-state index < -0.39 is 5.60 Å². The minimum absolute atomic E-state index is 0.0370. The third kappa shape index (κ3) is 2.36. The Morgan fingerprint density at radius 2 is 1.95 bits per heavy atom. The highest BCUT2D eigenvalue weighted by Crippen LogP contribution is 2.30. The molecule has 1 N–H and O–H groups in total. The van der Waals surface area contributed by atoms with Crippen LogP contribution in [0, 0.1) is 0 Å². The maximum Gasteiger partial charge on any atom is 0.261 e. The Hall–Kier alpha value is -1.68. The van der Waals surface area contributed by atoms with Crippen molar-refractivity contribution in [1.29, 1.82) is 0 Å². The highest BCUT2D eigenvalue weighted by molar-refractivity contribution is 5.77. The summed E-state index contributed by atoms with van der Waals surface area (Å²) in [6.07, 6.45) is 5.36. The highest BCUT2D eigenvalue weighted by atomic mass is 16.3. The Labute approximate surface area is 118 Å². The first-order chi connectivity index (χ1) is 9.59. The van der Waals surface area contributed by atoms with E-state index in [1.807, 2.05) is 18.2 Å². The lowest BCUT2D eigenvalue weighted by Gasteiger charge is -2.32. The lowest BCUT2D eigenvalue weighted by molar-refractivity contribution is 0.00206. The fraction of sp³-hybridized carbons (Fsp3) is 0.500. The second-order valence-electron chi connectivity index (χ2n) is 5.87. The fourth-order valence-electron chi connectivity index (χ4n) is 3.10. The molecule has 1 fully saturated rings. The molecule has 1 aromatic heterocycles. The number of nitrogens with zero attached hydrogens (tertiary/aromatic N) is 2. The third-order valence-electron chi connectivity index (χ3n) is 4.35. The molecule has 3 rings (SSSR count). The molecule has 4 heteroatoms. The van der Waals surface area contributed by atoms with Gasteiger partial charge in [0.05, 0.1) is 16.5 Å². The van der Waals surface area contributed by atoms with E-state index in [1.54, 1.807) is 17.7 Å². The Morgan fingerprint density at radius 3 is 2.70 bits per heavy atom. The van der Waals surface area contributed by atoms with Crippen molar-refractivity contribution in [2.24, 2.45) is 7.05 Å². The van der Waals surface area contributed by atoms with Gasteiger partial charge in [0.25, 0.3) is 5.56 Å². The predicted molar refractivity (Wildman–Crippen MR) is 78.7 cm³/mol. The van der Waals surface area contributed by atoms with Gasteiger partial charge in [0, 0.05) is 13.5 Å². The SMILES string of the molecule is Cn1c(CC2(O)CCCCC2)nc2ccccc2c1=O. The molecule has 20 heavy (non-hydrogen) atoms. The lowest BCUT2D eigenvalue weighted by Crippen LogP contribution is -2.36. The van der Waals surface area contributed by atoms with Gasteiger partial charge in [-0.1, -0.05) is 31.4 Å². The first-order valence-electron chi connectivity index (χ1n) is 7.26. The summed E-state index contributed by atoms with van der Waals surface area (Å²) in [5.41, 5.74) is -0.0206. The van der Waals surface area contributed by atoms with Gasteiger partial charge in [0.1, 0.15) is 5.82 Å². The van der Waals surface area contributed by atoms with Crippen LogP contribution in [0.3, 0.4) is 0 Å². The molecule has 1 saturated carbocycles. The molecule has 106 valence electrons. The van der Waals surface area contributed by atoms with Gasteiger partial charge < -0.3 is 5.11 Å². The molecule has 0 atom stereocenters. The molecule has 0 radical (unpaired) electrons. The van der Waals surface area contributed by atoms with Gasteiger partial charge in [0.15, 0.2) is 0 Å². The Kier molecular flexibility index (Phi) is 3.34. The summed E-state index contributed by atoms with van der Waals surface area (Å²) in [6, 6.07) is 7.38. The van der Waals surface area contributed by atoms with Crippen LogP contribution in [0.2, 0.25) is 0 Å². The standard InChI is InChI=1S/C16H20N2O2/c1-18-14(11-16(20)9-5-2-6-10-16)17-13-8-4-3-7-12(13)15(18)19/h3-4,7-8,20H,2,5-6,9-11H2,1H3. The number of aliphatic hydroxyl groups is 1. The van der Waals surface area contributed by atoms with Crippen molar-refractivity contribution >= 4 is 10.9 Å². The van der Waals surface area contributed by atoms with E-state index in [9.17, 15) is 9.90 Å². The van der Waals surface area contributed by atoms with Crippen LogP contribution in [-0.2, 0) is 13.5 Å². The van der Waals surface area contributed by atoms with Gasteiger partial charge in [0.2, 0.25) is 0 Å². The van der Waals surface area contributed by atoms with Gasteiger partial charge in [-0.05, 0) is 25.0 Å². The molecule has 0 unspecified atom stereocenters. The van der Waals surface area contributed by atoms with Crippen molar-refractivity contribution in [2.45, 2.75) is 44.1 Å². The molecule has 1 aliphatic rings. The summed E-state index contributed by atoms with van der Waals surface area (Å²) in [5, 5.41) is 11.3. The number of para-hydroxylation sites is 1. The van der Waals surface area contributed by atoms with Crippen LogP contribution in [0.15, 0.2) is 29.1 Å². The number of aromatic nitrogens is 2. The molecule has 4 nitrogen and oxygen atoms in total. The molecule has 1 aliphatic carbocycles. The Morgan fingerprint density at radius 1 is 1.25 bits per heavy atom. The van der Waals surface area contributed by atoms with Crippen molar-refractivity contribution in [3.05, 3.63) is 40.4 Å². The summed E-state index contributed by atoms with van der Waals surface area (Å²) in [4.78, 5) is 16.9. The number of benzene rings is 1. The highest BCUT2D eigenvalue weighted by Gasteiger charge is 2.31. The van der Waals surface area contributed by atoms with E-state index in [0.717, 1.165) is 25.7 Å².